The lowest BCUT2D eigenvalue weighted by atomic mass is 10.1. The number of carbonyl (C=O) groups is 1. The van der Waals surface area contributed by atoms with Crippen LogP contribution in [0.15, 0.2) is 64.2 Å². The molecule has 2 aromatic carbocycles. The minimum absolute atomic E-state index is 0.100. The van der Waals surface area contributed by atoms with Crippen molar-refractivity contribution in [1.29, 1.82) is 0 Å². The molecule has 0 fully saturated rings. The van der Waals surface area contributed by atoms with E-state index in [1.165, 1.54) is 10.6 Å². The normalized spacial score (nSPS) is 11.0. The Kier molecular flexibility index (Phi) is 5.53. The van der Waals surface area contributed by atoms with Crippen molar-refractivity contribution in [1.82, 2.24) is 19.1 Å². The van der Waals surface area contributed by atoms with Crippen molar-refractivity contribution in [3.05, 3.63) is 81.1 Å². The highest BCUT2D eigenvalue weighted by Gasteiger charge is 2.15. The molecule has 158 valence electrons. The molecule has 0 aliphatic rings. The number of benzene rings is 2. The fourth-order valence-corrected chi connectivity index (χ4v) is 3.65. The van der Waals surface area contributed by atoms with Gasteiger partial charge in [-0.2, -0.15) is 0 Å². The number of H-pyrrole nitrogens is 1. The topological polar surface area (TPSA) is 102 Å². The molecule has 2 heterocycles. The van der Waals surface area contributed by atoms with E-state index in [2.05, 4.69) is 15.3 Å². The number of carbonyl (C=O) groups excluding carboxylic acids is 1. The third-order valence-electron chi connectivity index (χ3n) is 5.12. The van der Waals surface area contributed by atoms with Gasteiger partial charge < -0.3 is 10.3 Å². The molecule has 0 unspecified atom stereocenters. The quantitative estimate of drug-likeness (QED) is 0.504. The number of aryl methyl sites for hydroxylation is 2. The Morgan fingerprint density at radius 3 is 2.45 bits per heavy atom. The molecule has 0 radical (unpaired) electrons. The van der Waals surface area contributed by atoms with Gasteiger partial charge in [-0.25, -0.2) is 9.78 Å². The van der Waals surface area contributed by atoms with E-state index in [4.69, 9.17) is 0 Å². The average Bonchev–Trinajstić information content (AvgIpc) is 3.04. The van der Waals surface area contributed by atoms with Gasteiger partial charge in [-0.1, -0.05) is 31.2 Å². The third kappa shape index (κ3) is 4.05. The summed E-state index contributed by atoms with van der Waals surface area (Å²) in [5.41, 5.74) is 3.02. The van der Waals surface area contributed by atoms with Crippen molar-refractivity contribution in [2.24, 2.45) is 0 Å². The predicted octanol–water partition coefficient (Wildman–Crippen LogP) is 2.77. The molecule has 8 nitrogen and oxygen atoms in total. The summed E-state index contributed by atoms with van der Waals surface area (Å²) in [5.74, 6) is 0.129. The van der Waals surface area contributed by atoms with Gasteiger partial charge in [0.25, 0.3) is 5.56 Å². The number of fused-ring (bicyclic) bond motifs is 1. The number of amides is 1. The van der Waals surface area contributed by atoms with Crippen LogP contribution < -0.4 is 16.6 Å². The molecule has 0 saturated carbocycles. The fraction of sp³-hybridized carbons (Fsp3) is 0.217. The van der Waals surface area contributed by atoms with Crippen LogP contribution >= 0.6 is 0 Å². The van der Waals surface area contributed by atoms with E-state index < -0.39 is 0 Å². The molecule has 8 heteroatoms. The molecule has 0 atom stereocenters. The van der Waals surface area contributed by atoms with Gasteiger partial charge in [-0.15, -0.1) is 0 Å². The van der Waals surface area contributed by atoms with E-state index >= 15 is 0 Å². The number of rotatable bonds is 6. The summed E-state index contributed by atoms with van der Waals surface area (Å²) >= 11 is 0. The van der Waals surface area contributed by atoms with Gasteiger partial charge in [0.05, 0.1) is 11.0 Å². The van der Waals surface area contributed by atoms with Gasteiger partial charge >= 0.3 is 5.69 Å². The summed E-state index contributed by atoms with van der Waals surface area (Å²) in [4.78, 5) is 44.5. The first kappa shape index (κ1) is 20.3. The van der Waals surface area contributed by atoms with Crippen molar-refractivity contribution in [2.45, 2.75) is 33.4 Å². The van der Waals surface area contributed by atoms with Crippen molar-refractivity contribution in [3.8, 4) is 11.4 Å². The van der Waals surface area contributed by atoms with E-state index in [0.29, 0.717) is 35.7 Å². The number of hydrogen-bond acceptors (Lipinski definition) is 4. The maximum atomic E-state index is 12.7. The number of nitrogens with zero attached hydrogens (tertiary/aromatic N) is 3. The lowest BCUT2D eigenvalue weighted by molar-refractivity contribution is -0.116. The molecule has 4 rings (SSSR count). The zero-order chi connectivity index (χ0) is 22.0. The summed E-state index contributed by atoms with van der Waals surface area (Å²) in [5, 5.41) is 2.84. The Hall–Kier alpha value is -3.94. The molecule has 1 amide bonds. The van der Waals surface area contributed by atoms with Crippen LogP contribution in [0, 0.1) is 0 Å². The van der Waals surface area contributed by atoms with Gasteiger partial charge in [-0.3, -0.25) is 18.7 Å². The number of aromatic amines is 1. The lowest BCUT2D eigenvalue weighted by Gasteiger charge is -2.09. The van der Waals surface area contributed by atoms with Crippen molar-refractivity contribution in [2.75, 3.05) is 5.32 Å². The zero-order valence-corrected chi connectivity index (χ0v) is 17.4. The Balaban J connectivity index is 1.60. The number of aromatic nitrogens is 4. The number of nitrogens with one attached hydrogen (secondary N) is 2. The van der Waals surface area contributed by atoms with E-state index in [0.717, 1.165) is 11.0 Å². The molecule has 0 bridgehead atoms. The SMILES string of the molecule is CCc1cc(=O)[nH]c(-c2cccc(NC(=O)Cn3c(=O)n(CC)c4ccccc43)c2)n1. The number of hydrogen-bond donors (Lipinski definition) is 2. The Bertz CT molecular complexity index is 1380. The van der Waals surface area contributed by atoms with E-state index in [1.807, 2.05) is 44.2 Å². The molecule has 0 spiro atoms. The van der Waals surface area contributed by atoms with E-state index in [-0.39, 0.29) is 23.7 Å². The lowest BCUT2D eigenvalue weighted by Crippen LogP contribution is -2.29. The number of anilines is 1. The molecule has 0 saturated heterocycles. The Morgan fingerprint density at radius 1 is 1.00 bits per heavy atom. The van der Waals surface area contributed by atoms with E-state index in [1.54, 1.807) is 22.8 Å². The largest absolute Gasteiger partial charge is 0.329 e. The van der Waals surface area contributed by atoms with Crippen LogP contribution in [0.4, 0.5) is 5.69 Å². The molecule has 31 heavy (non-hydrogen) atoms. The Labute approximate surface area is 178 Å². The summed E-state index contributed by atoms with van der Waals surface area (Å²) in [6.45, 7) is 4.25. The van der Waals surface area contributed by atoms with Crippen LogP contribution in [0.5, 0.6) is 0 Å². The molecule has 0 aliphatic heterocycles. The molecular formula is C23H23N5O3. The van der Waals surface area contributed by atoms with Gasteiger partial charge in [0, 0.05) is 29.6 Å². The summed E-state index contributed by atoms with van der Waals surface area (Å²) in [7, 11) is 0. The first-order chi connectivity index (χ1) is 15.0. The van der Waals surface area contributed by atoms with Gasteiger partial charge in [-0.05, 0) is 37.6 Å². The zero-order valence-electron chi connectivity index (χ0n) is 17.4. The Morgan fingerprint density at radius 2 is 1.74 bits per heavy atom. The molecule has 2 N–H and O–H groups in total. The maximum absolute atomic E-state index is 12.7. The average molecular weight is 417 g/mol. The van der Waals surface area contributed by atoms with Crippen LogP contribution in [-0.2, 0) is 24.3 Å². The minimum atomic E-state index is -0.318. The molecular weight excluding hydrogens is 394 g/mol. The van der Waals surface area contributed by atoms with Crippen LogP contribution in [-0.4, -0.2) is 25.0 Å². The van der Waals surface area contributed by atoms with Gasteiger partial charge in [0.2, 0.25) is 5.91 Å². The highest BCUT2D eigenvalue weighted by atomic mass is 16.2. The minimum Gasteiger partial charge on any atom is -0.325 e. The van der Waals surface area contributed by atoms with Crippen molar-refractivity contribution >= 4 is 22.6 Å². The monoisotopic (exact) mass is 417 g/mol. The molecule has 0 aliphatic carbocycles. The smallest absolute Gasteiger partial charge is 0.325 e. The van der Waals surface area contributed by atoms with Crippen LogP contribution in [0.1, 0.15) is 19.5 Å². The summed E-state index contributed by atoms with van der Waals surface area (Å²) in [6, 6.07) is 16.0. The fourth-order valence-electron chi connectivity index (χ4n) is 3.65. The highest BCUT2D eigenvalue weighted by molar-refractivity contribution is 5.92. The standard InChI is InChI=1S/C23H23N5O3/c1-3-16-13-20(29)26-22(25-16)15-8-7-9-17(12-15)24-21(30)14-28-19-11-6-5-10-18(19)27(4-2)23(28)31/h5-13H,3-4,14H2,1-2H3,(H,24,30)(H,25,26,29). The van der Waals surface area contributed by atoms with Crippen LogP contribution in [0.25, 0.3) is 22.4 Å². The van der Waals surface area contributed by atoms with Crippen molar-refractivity contribution in [3.63, 3.8) is 0 Å². The second-order valence-corrected chi connectivity index (χ2v) is 7.17. The maximum Gasteiger partial charge on any atom is 0.329 e. The first-order valence-electron chi connectivity index (χ1n) is 10.2. The predicted molar refractivity (Wildman–Crippen MR) is 120 cm³/mol. The molecule has 2 aromatic heterocycles. The summed E-state index contributed by atoms with van der Waals surface area (Å²) in [6.07, 6.45) is 0.646. The summed E-state index contributed by atoms with van der Waals surface area (Å²) < 4.78 is 3.12. The number of imidazole rings is 1. The second kappa shape index (κ2) is 8.43. The molecule has 4 aromatic rings. The van der Waals surface area contributed by atoms with Crippen molar-refractivity contribution < 1.29 is 4.79 Å². The number of para-hydroxylation sites is 2. The van der Waals surface area contributed by atoms with E-state index in [9.17, 15) is 14.4 Å². The van der Waals surface area contributed by atoms with Crippen LogP contribution in [0.2, 0.25) is 0 Å². The third-order valence-corrected chi connectivity index (χ3v) is 5.12. The highest BCUT2D eigenvalue weighted by Crippen LogP contribution is 2.19. The second-order valence-electron chi connectivity index (χ2n) is 7.17. The van der Waals surface area contributed by atoms with Crippen LogP contribution in [0.3, 0.4) is 0 Å². The first-order valence-corrected chi connectivity index (χ1v) is 10.2. The van der Waals surface area contributed by atoms with Gasteiger partial charge in [0.1, 0.15) is 12.4 Å². The van der Waals surface area contributed by atoms with Gasteiger partial charge in [0.15, 0.2) is 0 Å².